The van der Waals surface area contributed by atoms with Gasteiger partial charge in [0.2, 0.25) is 0 Å². The normalized spacial score (nSPS) is 11.0. The Labute approximate surface area is 130 Å². The van der Waals surface area contributed by atoms with Gasteiger partial charge in [0.05, 0.1) is 12.8 Å². The fourth-order valence-electron chi connectivity index (χ4n) is 2.38. The van der Waals surface area contributed by atoms with Crippen molar-refractivity contribution in [2.75, 3.05) is 7.11 Å². The Bertz CT molecular complexity index is 788. The van der Waals surface area contributed by atoms with E-state index >= 15 is 0 Å². The molecule has 0 saturated carbocycles. The summed E-state index contributed by atoms with van der Waals surface area (Å²) in [6.45, 7) is 2.09. The number of aryl methyl sites for hydroxylation is 1. The van der Waals surface area contributed by atoms with E-state index in [2.05, 4.69) is 40.9 Å². The quantitative estimate of drug-likeness (QED) is 0.648. The summed E-state index contributed by atoms with van der Waals surface area (Å²) in [6.07, 6.45) is 3.97. The number of hydrogen-bond acceptors (Lipinski definition) is 2. The van der Waals surface area contributed by atoms with Crippen LogP contribution < -0.4 is 4.74 Å². The second-order valence-corrected chi connectivity index (χ2v) is 5.08. The van der Waals surface area contributed by atoms with E-state index in [0.29, 0.717) is 0 Å². The summed E-state index contributed by atoms with van der Waals surface area (Å²) in [5.41, 5.74) is 4.29. The average molecular weight is 290 g/mol. The Morgan fingerprint density at radius 1 is 1.00 bits per heavy atom. The Hall–Kier alpha value is -2.81. The van der Waals surface area contributed by atoms with Crippen LogP contribution in [0.5, 0.6) is 5.75 Å². The zero-order valence-corrected chi connectivity index (χ0v) is 12.7. The minimum absolute atomic E-state index is 0.813. The second kappa shape index (κ2) is 6.31. The van der Waals surface area contributed by atoms with E-state index in [-0.39, 0.29) is 0 Å². The molecule has 1 heterocycles. The van der Waals surface area contributed by atoms with Crippen LogP contribution in [0.25, 0.3) is 5.69 Å². The van der Waals surface area contributed by atoms with Gasteiger partial charge in [0.15, 0.2) is 0 Å². The molecule has 0 fully saturated rings. The van der Waals surface area contributed by atoms with Crippen LogP contribution in [0.3, 0.4) is 0 Å². The van der Waals surface area contributed by atoms with Crippen LogP contribution in [0.4, 0.5) is 5.69 Å². The topological polar surface area (TPSA) is 26.5 Å². The number of nitrogens with zero attached hydrogens (tertiary/aromatic N) is 2. The second-order valence-electron chi connectivity index (χ2n) is 5.08. The maximum atomic E-state index is 5.21. The number of rotatable bonds is 4. The van der Waals surface area contributed by atoms with Gasteiger partial charge in [-0.1, -0.05) is 24.3 Å². The van der Waals surface area contributed by atoms with Gasteiger partial charge >= 0.3 is 0 Å². The lowest BCUT2D eigenvalue weighted by molar-refractivity contribution is 0.415. The van der Waals surface area contributed by atoms with Crippen LogP contribution >= 0.6 is 0 Å². The third kappa shape index (κ3) is 3.09. The van der Waals surface area contributed by atoms with Crippen molar-refractivity contribution in [2.45, 2.75) is 6.92 Å². The SMILES string of the molecule is COc1cccc(N=Cc2cc(C)n(-c3ccccc3)c2)c1. The van der Waals surface area contributed by atoms with Gasteiger partial charge in [-0.3, -0.25) is 4.99 Å². The largest absolute Gasteiger partial charge is 0.497 e. The molecule has 3 nitrogen and oxygen atoms in total. The first-order valence-electron chi connectivity index (χ1n) is 7.19. The average Bonchev–Trinajstić information content (AvgIpc) is 2.95. The summed E-state index contributed by atoms with van der Waals surface area (Å²) in [5, 5.41) is 0. The molecule has 0 bridgehead atoms. The highest BCUT2D eigenvalue weighted by molar-refractivity contribution is 5.82. The highest BCUT2D eigenvalue weighted by Crippen LogP contribution is 2.20. The molecule has 3 aromatic rings. The van der Waals surface area contributed by atoms with Crippen LogP contribution in [0, 0.1) is 6.92 Å². The number of aromatic nitrogens is 1. The molecule has 0 aliphatic rings. The molecular formula is C19H18N2O. The first kappa shape index (κ1) is 14.1. The maximum Gasteiger partial charge on any atom is 0.121 e. The molecule has 3 rings (SSSR count). The lowest BCUT2D eigenvalue weighted by atomic mass is 10.3. The van der Waals surface area contributed by atoms with Crippen LogP contribution in [0.1, 0.15) is 11.3 Å². The number of aliphatic imine (C=N–C) groups is 1. The minimum Gasteiger partial charge on any atom is -0.497 e. The highest BCUT2D eigenvalue weighted by Gasteiger charge is 2.02. The first-order chi connectivity index (χ1) is 10.8. The van der Waals surface area contributed by atoms with Gasteiger partial charge in [-0.15, -0.1) is 0 Å². The van der Waals surface area contributed by atoms with Crippen molar-refractivity contribution in [3.05, 3.63) is 78.1 Å². The summed E-state index contributed by atoms with van der Waals surface area (Å²) < 4.78 is 7.37. The van der Waals surface area contributed by atoms with E-state index in [9.17, 15) is 0 Å². The van der Waals surface area contributed by atoms with Crippen molar-refractivity contribution < 1.29 is 4.74 Å². The Morgan fingerprint density at radius 2 is 1.82 bits per heavy atom. The lowest BCUT2D eigenvalue weighted by Gasteiger charge is -2.04. The van der Waals surface area contributed by atoms with Gasteiger partial charge in [0.25, 0.3) is 0 Å². The monoisotopic (exact) mass is 290 g/mol. The number of hydrogen-bond donors (Lipinski definition) is 0. The van der Waals surface area contributed by atoms with E-state index in [1.807, 2.05) is 48.7 Å². The summed E-state index contributed by atoms with van der Waals surface area (Å²) in [5.74, 6) is 0.813. The van der Waals surface area contributed by atoms with E-state index in [4.69, 9.17) is 4.74 Å². The number of para-hydroxylation sites is 1. The van der Waals surface area contributed by atoms with E-state index in [0.717, 1.165) is 22.7 Å². The molecule has 0 N–H and O–H groups in total. The lowest BCUT2D eigenvalue weighted by Crippen LogP contribution is -1.93. The van der Waals surface area contributed by atoms with Gasteiger partial charge in [0.1, 0.15) is 5.75 Å². The van der Waals surface area contributed by atoms with E-state index in [1.165, 1.54) is 5.69 Å². The molecule has 0 amide bonds. The molecule has 1 aromatic heterocycles. The van der Waals surface area contributed by atoms with Crippen molar-refractivity contribution >= 4 is 11.9 Å². The fraction of sp³-hybridized carbons (Fsp3) is 0.105. The molecular weight excluding hydrogens is 272 g/mol. The molecule has 2 aromatic carbocycles. The van der Waals surface area contributed by atoms with Crippen LogP contribution in [-0.2, 0) is 0 Å². The molecule has 110 valence electrons. The molecule has 0 aliphatic heterocycles. The number of ether oxygens (including phenoxy) is 1. The van der Waals surface area contributed by atoms with Crippen LogP contribution in [0.2, 0.25) is 0 Å². The summed E-state index contributed by atoms with van der Waals surface area (Å²) in [4.78, 5) is 4.51. The summed E-state index contributed by atoms with van der Waals surface area (Å²) in [6, 6.07) is 20.1. The number of methoxy groups -OCH3 is 1. The van der Waals surface area contributed by atoms with Crippen molar-refractivity contribution in [1.29, 1.82) is 0 Å². The maximum absolute atomic E-state index is 5.21. The highest BCUT2D eigenvalue weighted by atomic mass is 16.5. The zero-order valence-electron chi connectivity index (χ0n) is 12.7. The molecule has 0 unspecified atom stereocenters. The third-order valence-corrected chi connectivity index (χ3v) is 3.48. The van der Waals surface area contributed by atoms with Gasteiger partial charge in [-0.2, -0.15) is 0 Å². The standard InChI is InChI=1S/C19H18N2O/c1-15-11-16(14-21(15)18-8-4-3-5-9-18)13-20-17-7-6-10-19(12-17)22-2/h3-14H,1-2H3. The smallest absolute Gasteiger partial charge is 0.121 e. The third-order valence-electron chi connectivity index (χ3n) is 3.48. The Balaban J connectivity index is 1.86. The van der Waals surface area contributed by atoms with Crippen molar-refractivity contribution in [3.8, 4) is 11.4 Å². The molecule has 0 atom stereocenters. The van der Waals surface area contributed by atoms with Gasteiger partial charge in [-0.05, 0) is 37.3 Å². The van der Waals surface area contributed by atoms with Gasteiger partial charge in [-0.25, -0.2) is 0 Å². The van der Waals surface area contributed by atoms with Gasteiger partial charge in [0, 0.05) is 35.4 Å². The molecule has 0 saturated heterocycles. The van der Waals surface area contributed by atoms with Crippen molar-refractivity contribution in [3.63, 3.8) is 0 Å². The fourth-order valence-corrected chi connectivity index (χ4v) is 2.38. The molecule has 0 radical (unpaired) electrons. The van der Waals surface area contributed by atoms with Gasteiger partial charge < -0.3 is 9.30 Å². The molecule has 3 heteroatoms. The molecule has 0 spiro atoms. The summed E-state index contributed by atoms with van der Waals surface area (Å²) >= 11 is 0. The van der Waals surface area contributed by atoms with E-state index < -0.39 is 0 Å². The predicted octanol–water partition coefficient (Wildman–Crippen LogP) is 4.54. The summed E-state index contributed by atoms with van der Waals surface area (Å²) in [7, 11) is 1.66. The van der Waals surface area contributed by atoms with Crippen molar-refractivity contribution in [2.24, 2.45) is 4.99 Å². The zero-order chi connectivity index (χ0) is 15.4. The molecule has 0 aliphatic carbocycles. The van der Waals surface area contributed by atoms with E-state index in [1.54, 1.807) is 7.11 Å². The Morgan fingerprint density at radius 3 is 2.59 bits per heavy atom. The number of benzene rings is 2. The Kier molecular flexibility index (Phi) is 4.05. The van der Waals surface area contributed by atoms with Crippen molar-refractivity contribution in [1.82, 2.24) is 4.57 Å². The van der Waals surface area contributed by atoms with Crippen LogP contribution in [0.15, 0.2) is 71.9 Å². The molecule has 22 heavy (non-hydrogen) atoms. The van der Waals surface area contributed by atoms with Crippen LogP contribution in [-0.4, -0.2) is 17.9 Å². The predicted molar refractivity (Wildman–Crippen MR) is 90.8 cm³/mol. The minimum atomic E-state index is 0.813. The first-order valence-corrected chi connectivity index (χ1v) is 7.19.